The van der Waals surface area contributed by atoms with E-state index in [0.717, 1.165) is 11.6 Å². The van der Waals surface area contributed by atoms with Crippen molar-refractivity contribution in [3.8, 4) is 11.3 Å². The first-order valence-electron chi connectivity index (χ1n) is 13.0. The topological polar surface area (TPSA) is 94.5 Å². The van der Waals surface area contributed by atoms with Crippen molar-refractivity contribution in [1.82, 2.24) is 14.9 Å². The van der Waals surface area contributed by atoms with Crippen LogP contribution in [0.25, 0.3) is 11.3 Å². The molecule has 0 fully saturated rings. The lowest BCUT2D eigenvalue weighted by Gasteiger charge is -2.23. The van der Waals surface area contributed by atoms with E-state index in [0.29, 0.717) is 43.4 Å². The molecule has 1 aromatic carbocycles. The SMILES string of the molecule is CC1/C=C\C[C@H](NC(=O)OC(C)(C)C)c2nc(cn2COCC[Si](C)(C)C)-c2ccccc2NC(=O)C1. The summed E-state index contributed by atoms with van der Waals surface area (Å²) in [6, 6.07) is 8.25. The summed E-state index contributed by atoms with van der Waals surface area (Å²) in [5.74, 6) is 0.655. The van der Waals surface area contributed by atoms with Gasteiger partial charge in [-0.05, 0) is 45.2 Å². The zero-order valence-electron chi connectivity index (χ0n) is 23.3. The van der Waals surface area contributed by atoms with E-state index in [-0.39, 0.29) is 11.8 Å². The molecule has 2 heterocycles. The fourth-order valence-corrected chi connectivity index (χ4v) is 4.74. The summed E-state index contributed by atoms with van der Waals surface area (Å²) in [5.41, 5.74) is 1.60. The summed E-state index contributed by atoms with van der Waals surface area (Å²) in [7, 11) is -1.24. The number of alkyl carbamates (subject to hydrolysis) is 1. The lowest BCUT2D eigenvalue weighted by Crippen LogP contribution is -2.36. The number of hydrogen-bond donors (Lipinski definition) is 2. The summed E-state index contributed by atoms with van der Waals surface area (Å²) in [5, 5.41) is 6.06. The number of fused-ring (bicyclic) bond motifs is 4. The number of para-hydroxylation sites is 1. The number of benzene rings is 1. The van der Waals surface area contributed by atoms with Gasteiger partial charge in [-0.2, -0.15) is 0 Å². The predicted molar refractivity (Wildman–Crippen MR) is 150 cm³/mol. The first-order chi connectivity index (χ1) is 17.3. The van der Waals surface area contributed by atoms with Gasteiger partial charge in [0.15, 0.2) is 0 Å². The number of anilines is 1. The predicted octanol–water partition coefficient (Wildman–Crippen LogP) is 6.35. The van der Waals surface area contributed by atoms with E-state index in [9.17, 15) is 9.59 Å². The molecular weight excluding hydrogens is 484 g/mol. The minimum Gasteiger partial charge on any atom is -0.444 e. The van der Waals surface area contributed by atoms with Gasteiger partial charge in [-0.15, -0.1) is 0 Å². The molecule has 1 aromatic heterocycles. The van der Waals surface area contributed by atoms with E-state index in [2.05, 4.69) is 30.3 Å². The van der Waals surface area contributed by atoms with Crippen molar-refractivity contribution in [2.45, 2.75) is 84.6 Å². The Morgan fingerprint density at radius 1 is 1.24 bits per heavy atom. The number of nitrogens with one attached hydrogen (secondary N) is 2. The normalized spacial score (nSPS) is 19.5. The van der Waals surface area contributed by atoms with E-state index in [1.54, 1.807) is 0 Å². The quantitative estimate of drug-likeness (QED) is 0.260. The molecule has 202 valence electrons. The van der Waals surface area contributed by atoms with Gasteiger partial charge in [-0.3, -0.25) is 4.79 Å². The Hall–Kier alpha value is -2.91. The van der Waals surface area contributed by atoms with E-state index >= 15 is 0 Å². The number of carbonyl (C=O) groups excluding carboxylic acids is 2. The van der Waals surface area contributed by atoms with Crippen LogP contribution in [-0.4, -0.2) is 41.8 Å². The van der Waals surface area contributed by atoms with Crippen molar-refractivity contribution >= 4 is 25.8 Å². The van der Waals surface area contributed by atoms with E-state index in [1.807, 2.05) is 74.9 Å². The highest BCUT2D eigenvalue weighted by Gasteiger charge is 2.25. The first kappa shape index (κ1) is 28.7. The maximum absolute atomic E-state index is 12.8. The van der Waals surface area contributed by atoms with E-state index < -0.39 is 25.8 Å². The number of carbonyl (C=O) groups is 2. The molecule has 0 saturated carbocycles. The lowest BCUT2D eigenvalue weighted by molar-refractivity contribution is -0.116. The van der Waals surface area contributed by atoms with Crippen LogP contribution in [0.15, 0.2) is 42.6 Å². The molecule has 1 aliphatic rings. The van der Waals surface area contributed by atoms with Gasteiger partial charge in [0, 0.05) is 32.9 Å². The Bertz CT molecular complexity index is 1110. The number of nitrogens with zero attached hydrogens (tertiary/aromatic N) is 2. The molecule has 0 spiro atoms. The maximum atomic E-state index is 12.8. The molecule has 2 bridgehead atoms. The number of aromatic nitrogens is 2. The minimum atomic E-state index is -1.24. The van der Waals surface area contributed by atoms with E-state index in [4.69, 9.17) is 14.5 Å². The third-order valence-corrected chi connectivity index (χ3v) is 7.56. The highest BCUT2D eigenvalue weighted by atomic mass is 28.3. The Morgan fingerprint density at radius 2 is 1.97 bits per heavy atom. The number of imidazole rings is 1. The molecule has 0 radical (unpaired) electrons. The summed E-state index contributed by atoms with van der Waals surface area (Å²) in [6.45, 7) is 15.5. The van der Waals surface area contributed by atoms with Gasteiger partial charge >= 0.3 is 6.09 Å². The fourth-order valence-electron chi connectivity index (χ4n) is 3.99. The van der Waals surface area contributed by atoms with Crippen molar-refractivity contribution in [2.75, 3.05) is 11.9 Å². The second-order valence-electron chi connectivity index (χ2n) is 11.9. The Balaban J connectivity index is 2.02. The largest absolute Gasteiger partial charge is 0.444 e. The molecule has 0 saturated heterocycles. The molecule has 2 aromatic rings. The van der Waals surface area contributed by atoms with Crippen LogP contribution in [0.5, 0.6) is 0 Å². The first-order valence-corrected chi connectivity index (χ1v) is 16.7. The Morgan fingerprint density at radius 3 is 2.68 bits per heavy atom. The van der Waals surface area contributed by atoms with Gasteiger partial charge in [0.2, 0.25) is 5.91 Å². The monoisotopic (exact) mass is 526 g/mol. The van der Waals surface area contributed by atoms with Crippen molar-refractivity contribution < 1.29 is 19.1 Å². The molecule has 2 N–H and O–H groups in total. The second kappa shape index (κ2) is 12.1. The lowest BCUT2D eigenvalue weighted by atomic mass is 10.0. The molecule has 37 heavy (non-hydrogen) atoms. The molecule has 0 aliphatic carbocycles. The number of hydrogen-bond acceptors (Lipinski definition) is 5. The standard InChI is InChI=1S/C28H42N4O4Si/c1-20-11-10-14-23(31-27(34)36-28(2,3)4)26-30-24(18-32(26)19-35-15-16-37(5,6)7)21-12-8-9-13-22(21)29-25(33)17-20/h8-13,18,20,23H,14-17,19H2,1-7H3,(H,29,33)(H,31,34)/b11-10-/t20?,23-/m0/s1. The fraction of sp³-hybridized carbons (Fsp3) is 0.536. The van der Waals surface area contributed by atoms with Crippen LogP contribution in [0, 0.1) is 5.92 Å². The third kappa shape index (κ3) is 9.16. The van der Waals surface area contributed by atoms with Gasteiger partial charge in [-0.25, -0.2) is 9.78 Å². The second-order valence-corrected chi connectivity index (χ2v) is 17.6. The van der Waals surface area contributed by atoms with Crippen LogP contribution in [0.2, 0.25) is 25.7 Å². The summed E-state index contributed by atoms with van der Waals surface area (Å²) >= 11 is 0. The van der Waals surface area contributed by atoms with Crippen molar-refractivity contribution in [3.05, 3.63) is 48.4 Å². The third-order valence-electron chi connectivity index (χ3n) is 5.86. The number of allylic oxidation sites excluding steroid dienone is 1. The molecule has 2 amide bonds. The average Bonchev–Trinajstić information content (AvgIpc) is 3.18. The average molecular weight is 527 g/mol. The van der Waals surface area contributed by atoms with Crippen molar-refractivity contribution in [3.63, 3.8) is 0 Å². The van der Waals surface area contributed by atoms with Crippen LogP contribution in [-0.2, 0) is 21.0 Å². The molecule has 9 heteroatoms. The summed E-state index contributed by atoms with van der Waals surface area (Å²) < 4.78 is 13.6. The smallest absolute Gasteiger partial charge is 0.408 e. The van der Waals surface area contributed by atoms with Gasteiger partial charge in [0.25, 0.3) is 0 Å². The van der Waals surface area contributed by atoms with Gasteiger partial charge < -0.3 is 24.7 Å². The molecular formula is C28H42N4O4Si. The van der Waals surface area contributed by atoms with Crippen LogP contribution < -0.4 is 10.6 Å². The zero-order chi connectivity index (χ0) is 27.2. The minimum absolute atomic E-state index is 0.0365. The highest BCUT2D eigenvalue weighted by Crippen LogP contribution is 2.30. The number of amides is 2. The van der Waals surface area contributed by atoms with Crippen LogP contribution >= 0.6 is 0 Å². The van der Waals surface area contributed by atoms with Gasteiger partial charge in [-0.1, -0.05) is 56.9 Å². The van der Waals surface area contributed by atoms with Crippen LogP contribution in [0.4, 0.5) is 10.5 Å². The molecule has 1 aliphatic heterocycles. The summed E-state index contributed by atoms with van der Waals surface area (Å²) in [4.78, 5) is 30.5. The number of rotatable bonds is 6. The molecule has 1 unspecified atom stereocenters. The zero-order valence-corrected chi connectivity index (χ0v) is 24.3. The Labute approximate surface area is 221 Å². The maximum Gasteiger partial charge on any atom is 0.408 e. The molecule has 3 rings (SSSR count). The molecule has 2 atom stereocenters. The van der Waals surface area contributed by atoms with Gasteiger partial charge in [0.05, 0.1) is 17.4 Å². The highest BCUT2D eigenvalue weighted by molar-refractivity contribution is 6.76. The Kier molecular flexibility index (Phi) is 9.36. The number of ether oxygens (including phenoxy) is 2. The van der Waals surface area contributed by atoms with Crippen LogP contribution in [0.1, 0.15) is 52.4 Å². The van der Waals surface area contributed by atoms with Crippen LogP contribution in [0.3, 0.4) is 0 Å². The summed E-state index contributed by atoms with van der Waals surface area (Å²) in [6.07, 6.45) is 6.28. The van der Waals surface area contributed by atoms with Crippen molar-refractivity contribution in [1.29, 1.82) is 0 Å². The van der Waals surface area contributed by atoms with E-state index in [1.165, 1.54) is 0 Å². The van der Waals surface area contributed by atoms with Gasteiger partial charge in [0.1, 0.15) is 18.2 Å². The van der Waals surface area contributed by atoms with Crippen molar-refractivity contribution in [2.24, 2.45) is 5.92 Å². The molecule has 8 nitrogen and oxygen atoms in total.